The zero-order valence-electron chi connectivity index (χ0n) is 16.7. The molecular weight excluding hydrogens is 430 g/mol. The molecule has 0 aliphatic rings. The largest absolute Gasteiger partial charge is 0.440 e. The fourth-order valence-electron chi connectivity index (χ4n) is 3.00. The van der Waals surface area contributed by atoms with Gasteiger partial charge in [-0.05, 0) is 42.2 Å². The van der Waals surface area contributed by atoms with E-state index in [9.17, 15) is 14.4 Å². The second kappa shape index (κ2) is 11.0. The maximum Gasteiger partial charge on any atom is 0.311 e. The van der Waals surface area contributed by atoms with Crippen LogP contribution in [0.4, 0.5) is 4.39 Å². The highest BCUT2D eigenvalue weighted by Crippen LogP contribution is 2.29. The van der Waals surface area contributed by atoms with Crippen molar-refractivity contribution in [3.63, 3.8) is 0 Å². The van der Waals surface area contributed by atoms with Crippen molar-refractivity contribution in [2.75, 3.05) is 0 Å². The van der Waals surface area contributed by atoms with Gasteiger partial charge in [-0.3, -0.25) is 4.79 Å². The molecule has 0 radical (unpaired) electrons. The van der Waals surface area contributed by atoms with E-state index in [2.05, 4.69) is 4.98 Å². The first-order chi connectivity index (χ1) is 14.2. The molecule has 158 valence electrons. The third kappa shape index (κ3) is 6.72. The highest BCUT2D eigenvalue weighted by Gasteiger charge is 2.31. The van der Waals surface area contributed by atoms with Crippen LogP contribution in [0.15, 0.2) is 53.0 Å². The Morgan fingerprint density at radius 1 is 1.17 bits per heavy atom. The molecule has 5 nitrogen and oxygen atoms in total. The molecule has 3 atom stereocenters. The summed E-state index contributed by atoms with van der Waals surface area (Å²) in [6.07, 6.45) is 0.337. The lowest BCUT2D eigenvalue weighted by Crippen LogP contribution is -2.29. The number of hydrogen-bond donors (Lipinski definition) is 0. The lowest BCUT2D eigenvalue weighted by atomic mass is 9.84. The van der Waals surface area contributed by atoms with Gasteiger partial charge in [0, 0.05) is 6.07 Å². The minimum absolute atomic E-state index is 0.0603. The Kier molecular flexibility index (Phi) is 8.64. The molecule has 3 unspecified atom stereocenters. The van der Waals surface area contributed by atoms with E-state index in [-0.39, 0.29) is 33.7 Å². The third-order valence-corrected chi connectivity index (χ3v) is 4.60. The molecule has 0 aliphatic heterocycles. The standard InChI is InChI=1S/C22H21Cl2FN2O3/c1-13(2)21(14(3)11-19(23)24)22(28)30-18(12-26)17-5-4-6-20(27-17)29-16-9-7-15(25)8-10-16/h4-11,13-14,18,21H,1-3H3. The normalized spacial score (nSPS) is 13.7. The number of ether oxygens (including phenoxy) is 2. The summed E-state index contributed by atoms with van der Waals surface area (Å²) in [5, 5.41) is 9.54. The van der Waals surface area contributed by atoms with Crippen LogP contribution in [0.3, 0.4) is 0 Å². The molecule has 1 heterocycles. The van der Waals surface area contributed by atoms with Gasteiger partial charge in [0.25, 0.3) is 0 Å². The number of nitrogens with zero attached hydrogens (tertiary/aromatic N) is 2. The Labute approximate surface area is 185 Å². The molecule has 1 aromatic carbocycles. The van der Waals surface area contributed by atoms with Gasteiger partial charge in [-0.1, -0.05) is 56.1 Å². The van der Waals surface area contributed by atoms with Crippen LogP contribution in [0.1, 0.15) is 32.6 Å². The van der Waals surface area contributed by atoms with E-state index in [4.69, 9.17) is 32.7 Å². The van der Waals surface area contributed by atoms with E-state index in [0.29, 0.717) is 5.75 Å². The van der Waals surface area contributed by atoms with Crippen LogP contribution in [0.25, 0.3) is 0 Å². The molecule has 2 aromatic rings. The second-order valence-electron chi connectivity index (χ2n) is 6.99. The first kappa shape index (κ1) is 23.7. The maximum absolute atomic E-state index is 13.0. The van der Waals surface area contributed by atoms with E-state index in [1.807, 2.05) is 19.9 Å². The van der Waals surface area contributed by atoms with Gasteiger partial charge < -0.3 is 9.47 Å². The van der Waals surface area contributed by atoms with Crippen LogP contribution in [0, 0.1) is 34.9 Å². The molecule has 2 rings (SSSR count). The Balaban J connectivity index is 2.18. The van der Waals surface area contributed by atoms with E-state index >= 15 is 0 Å². The number of nitriles is 1. The van der Waals surface area contributed by atoms with Crippen molar-refractivity contribution in [3.05, 3.63) is 64.5 Å². The number of halogens is 3. The summed E-state index contributed by atoms with van der Waals surface area (Å²) in [7, 11) is 0. The van der Waals surface area contributed by atoms with Crippen LogP contribution in [-0.2, 0) is 9.53 Å². The number of carbonyl (C=O) groups excluding carboxylic acids is 1. The van der Waals surface area contributed by atoms with Crippen molar-refractivity contribution in [2.24, 2.45) is 17.8 Å². The molecule has 30 heavy (non-hydrogen) atoms. The van der Waals surface area contributed by atoms with Crippen molar-refractivity contribution >= 4 is 29.2 Å². The molecule has 0 amide bonds. The summed E-state index contributed by atoms with van der Waals surface area (Å²) in [5.41, 5.74) is 0.214. The molecule has 0 spiro atoms. The Morgan fingerprint density at radius 3 is 2.40 bits per heavy atom. The fraction of sp³-hybridized carbons (Fsp3) is 0.318. The second-order valence-corrected chi connectivity index (χ2v) is 8.00. The van der Waals surface area contributed by atoms with Crippen molar-refractivity contribution < 1.29 is 18.7 Å². The molecule has 0 saturated heterocycles. The lowest BCUT2D eigenvalue weighted by Gasteiger charge is -2.24. The van der Waals surface area contributed by atoms with Gasteiger partial charge in [0.1, 0.15) is 22.1 Å². The van der Waals surface area contributed by atoms with E-state index in [1.165, 1.54) is 24.3 Å². The summed E-state index contributed by atoms with van der Waals surface area (Å²) in [6, 6.07) is 12.1. The van der Waals surface area contributed by atoms with Crippen LogP contribution < -0.4 is 4.74 Å². The molecule has 0 fully saturated rings. The molecular formula is C22H21Cl2FN2O3. The van der Waals surface area contributed by atoms with E-state index < -0.39 is 18.0 Å². The molecule has 8 heteroatoms. The van der Waals surface area contributed by atoms with Gasteiger partial charge >= 0.3 is 5.97 Å². The number of esters is 1. The van der Waals surface area contributed by atoms with Crippen molar-refractivity contribution in [3.8, 4) is 17.7 Å². The summed E-state index contributed by atoms with van der Waals surface area (Å²) in [6.45, 7) is 5.54. The van der Waals surface area contributed by atoms with E-state index in [0.717, 1.165) is 0 Å². The van der Waals surface area contributed by atoms with Gasteiger partial charge in [0.2, 0.25) is 12.0 Å². The first-order valence-corrected chi connectivity index (χ1v) is 10.00. The number of benzene rings is 1. The highest BCUT2D eigenvalue weighted by atomic mass is 35.5. The number of pyridine rings is 1. The Bertz CT molecular complexity index is 938. The maximum atomic E-state index is 13.0. The van der Waals surface area contributed by atoms with E-state index in [1.54, 1.807) is 31.2 Å². The molecule has 0 saturated carbocycles. The number of rotatable bonds is 8. The average Bonchev–Trinajstić information content (AvgIpc) is 2.67. The smallest absolute Gasteiger partial charge is 0.311 e. The Hall–Kier alpha value is -2.62. The summed E-state index contributed by atoms with van der Waals surface area (Å²) in [5.74, 6) is -1.29. The zero-order valence-corrected chi connectivity index (χ0v) is 18.2. The molecule has 0 aliphatic carbocycles. The van der Waals surface area contributed by atoms with Gasteiger partial charge in [-0.2, -0.15) is 5.26 Å². The van der Waals surface area contributed by atoms with Crippen LogP contribution in [-0.4, -0.2) is 11.0 Å². The third-order valence-electron chi connectivity index (χ3n) is 4.35. The molecule has 1 aromatic heterocycles. The summed E-state index contributed by atoms with van der Waals surface area (Å²) >= 11 is 11.4. The number of allylic oxidation sites excluding steroid dienone is 1. The number of aromatic nitrogens is 1. The van der Waals surface area contributed by atoms with Crippen LogP contribution in [0.2, 0.25) is 0 Å². The van der Waals surface area contributed by atoms with Crippen molar-refractivity contribution in [1.29, 1.82) is 5.26 Å². The van der Waals surface area contributed by atoms with Crippen LogP contribution >= 0.6 is 23.2 Å². The molecule has 0 N–H and O–H groups in total. The predicted molar refractivity (Wildman–Crippen MR) is 112 cm³/mol. The summed E-state index contributed by atoms with van der Waals surface area (Å²) in [4.78, 5) is 17.0. The topological polar surface area (TPSA) is 72.2 Å². The van der Waals surface area contributed by atoms with Gasteiger partial charge in [0.15, 0.2) is 0 Å². The monoisotopic (exact) mass is 450 g/mol. The van der Waals surface area contributed by atoms with Gasteiger partial charge in [-0.25, -0.2) is 9.37 Å². The Morgan fingerprint density at radius 2 is 1.83 bits per heavy atom. The number of hydrogen-bond acceptors (Lipinski definition) is 5. The van der Waals surface area contributed by atoms with Gasteiger partial charge in [-0.15, -0.1) is 0 Å². The fourth-order valence-corrected chi connectivity index (χ4v) is 3.40. The molecule has 0 bridgehead atoms. The average molecular weight is 451 g/mol. The zero-order chi connectivity index (χ0) is 22.3. The minimum Gasteiger partial charge on any atom is -0.440 e. The van der Waals surface area contributed by atoms with Gasteiger partial charge in [0.05, 0.1) is 11.6 Å². The SMILES string of the molecule is CC(C)C(C(=O)OC(C#N)c1cccc(Oc2ccc(F)cc2)n1)C(C)C=C(Cl)Cl. The highest BCUT2D eigenvalue weighted by molar-refractivity contribution is 6.55. The number of carbonyl (C=O) groups is 1. The predicted octanol–water partition coefficient (Wildman–Crippen LogP) is 6.35. The summed E-state index contributed by atoms with van der Waals surface area (Å²) < 4.78 is 24.1. The van der Waals surface area contributed by atoms with Crippen molar-refractivity contribution in [2.45, 2.75) is 26.9 Å². The van der Waals surface area contributed by atoms with Crippen LogP contribution in [0.5, 0.6) is 11.6 Å². The first-order valence-electron chi connectivity index (χ1n) is 9.24. The van der Waals surface area contributed by atoms with Crippen molar-refractivity contribution in [1.82, 2.24) is 4.98 Å². The quantitative estimate of drug-likeness (QED) is 0.438. The lowest BCUT2D eigenvalue weighted by molar-refractivity contribution is -0.155. The minimum atomic E-state index is -1.22.